The van der Waals surface area contributed by atoms with Crippen molar-refractivity contribution in [2.75, 3.05) is 26.7 Å². The fourth-order valence-electron chi connectivity index (χ4n) is 2.77. The molecule has 1 aromatic rings. The topological polar surface area (TPSA) is 61.6 Å². The summed E-state index contributed by atoms with van der Waals surface area (Å²) >= 11 is 0. The Morgan fingerprint density at radius 2 is 1.96 bits per heavy atom. The number of aliphatic imine (C=N–C) groups is 1. The Morgan fingerprint density at radius 3 is 2.46 bits per heavy atom. The molecule has 0 saturated heterocycles. The number of nitrogens with zero attached hydrogens (tertiary/aromatic N) is 6. The van der Waals surface area contributed by atoms with E-state index in [1.54, 1.807) is 11.0 Å². The Morgan fingerprint density at radius 1 is 1.29 bits per heavy atom. The van der Waals surface area contributed by atoms with Crippen molar-refractivity contribution in [3.8, 4) is 0 Å². The van der Waals surface area contributed by atoms with Crippen molar-refractivity contribution in [2.24, 2.45) is 12.0 Å². The highest BCUT2D eigenvalue weighted by Crippen LogP contribution is 2.06. The summed E-state index contributed by atoms with van der Waals surface area (Å²) < 4.78 is 1.79. The van der Waals surface area contributed by atoms with Crippen molar-refractivity contribution in [2.45, 2.75) is 59.7 Å². The van der Waals surface area contributed by atoms with Gasteiger partial charge < -0.3 is 10.2 Å². The van der Waals surface area contributed by atoms with Gasteiger partial charge in [0.2, 0.25) is 0 Å². The van der Waals surface area contributed by atoms with Crippen LogP contribution in [0.5, 0.6) is 0 Å². The van der Waals surface area contributed by atoms with Crippen LogP contribution in [0.1, 0.15) is 46.9 Å². The smallest absolute Gasteiger partial charge is 0.194 e. The normalized spacial score (nSPS) is 12.5. The van der Waals surface area contributed by atoms with Crippen LogP contribution in [0.25, 0.3) is 0 Å². The largest absolute Gasteiger partial charge is 0.357 e. The highest BCUT2D eigenvalue weighted by molar-refractivity contribution is 5.79. The molecule has 0 aromatic carbocycles. The Kier molecular flexibility index (Phi) is 8.74. The third-order valence-electron chi connectivity index (χ3n) is 4.04. The lowest BCUT2D eigenvalue weighted by Crippen LogP contribution is -2.40. The van der Waals surface area contributed by atoms with E-state index in [0.717, 1.165) is 37.8 Å². The number of hydrogen-bond acceptors (Lipinski definition) is 4. The molecule has 1 rings (SSSR count). The molecule has 0 aliphatic rings. The molecular weight excluding hydrogens is 302 g/mol. The Hall–Kier alpha value is -1.63. The van der Waals surface area contributed by atoms with E-state index >= 15 is 0 Å². The summed E-state index contributed by atoms with van der Waals surface area (Å²) in [7, 11) is 3.94. The summed E-state index contributed by atoms with van der Waals surface area (Å²) in [5.74, 6) is 1.84. The van der Waals surface area contributed by atoms with Gasteiger partial charge >= 0.3 is 0 Å². The minimum absolute atomic E-state index is 0.570. The van der Waals surface area contributed by atoms with E-state index in [1.807, 2.05) is 14.1 Å². The van der Waals surface area contributed by atoms with E-state index < -0.39 is 0 Å². The molecular formula is C17H35N7. The van der Waals surface area contributed by atoms with E-state index in [2.05, 4.69) is 59.8 Å². The quantitative estimate of drug-likeness (QED) is 0.422. The van der Waals surface area contributed by atoms with Gasteiger partial charge in [0, 0.05) is 45.8 Å². The van der Waals surface area contributed by atoms with Crippen LogP contribution in [0.15, 0.2) is 11.3 Å². The molecule has 0 fully saturated rings. The van der Waals surface area contributed by atoms with Gasteiger partial charge in [-0.2, -0.15) is 5.10 Å². The molecule has 1 N–H and O–H groups in total. The van der Waals surface area contributed by atoms with Crippen LogP contribution in [0.2, 0.25) is 0 Å². The van der Waals surface area contributed by atoms with Crippen molar-refractivity contribution >= 4 is 5.96 Å². The number of guanidine groups is 1. The lowest BCUT2D eigenvalue weighted by molar-refractivity contribution is 0.174. The summed E-state index contributed by atoms with van der Waals surface area (Å²) in [5.41, 5.74) is 0. The number of aryl methyl sites for hydroxylation is 1. The van der Waals surface area contributed by atoms with Gasteiger partial charge in [-0.1, -0.05) is 0 Å². The van der Waals surface area contributed by atoms with Crippen molar-refractivity contribution in [1.82, 2.24) is 29.9 Å². The van der Waals surface area contributed by atoms with E-state index in [0.29, 0.717) is 18.6 Å². The number of aromatic nitrogens is 3. The van der Waals surface area contributed by atoms with Gasteiger partial charge in [-0.25, -0.2) is 4.98 Å². The molecule has 0 atom stereocenters. The average molecular weight is 338 g/mol. The fraction of sp³-hybridized carbons (Fsp3) is 0.824. The van der Waals surface area contributed by atoms with Gasteiger partial charge in [0.25, 0.3) is 0 Å². The van der Waals surface area contributed by atoms with Crippen LogP contribution in [-0.2, 0) is 13.6 Å². The van der Waals surface area contributed by atoms with Gasteiger partial charge in [-0.05, 0) is 41.0 Å². The maximum absolute atomic E-state index is 4.76. The first-order valence-electron chi connectivity index (χ1n) is 8.94. The monoisotopic (exact) mass is 337 g/mol. The fourth-order valence-corrected chi connectivity index (χ4v) is 2.77. The standard InChI is InChI=1S/C17H35N7/c1-8-18-17(22(6)12-16-20-13-21-23(16)7)19-10-9-11-24(14(2)3)15(4)5/h13-15H,8-12H2,1-7H3,(H,18,19). The van der Waals surface area contributed by atoms with E-state index in [1.165, 1.54) is 0 Å². The summed E-state index contributed by atoms with van der Waals surface area (Å²) in [5, 5.41) is 7.47. The first kappa shape index (κ1) is 20.4. The number of nitrogens with one attached hydrogen (secondary N) is 1. The van der Waals surface area contributed by atoms with E-state index in [9.17, 15) is 0 Å². The van der Waals surface area contributed by atoms with E-state index in [4.69, 9.17) is 4.99 Å². The molecule has 0 radical (unpaired) electrons. The van der Waals surface area contributed by atoms with Crippen LogP contribution in [0.3, 0.4) is 0 Å². The maximum Gasteiger partial charge on any atom is 0.194 e. The number of hydrogen-bond donors (Lipinski definition) is 1. The molecule has 1 heterocycles. The summed E-state index contributed by atoms with van der Waals surface area (Å²) in [6.45, 7) is 14.5. The van der Waals surface area contributed by atoms with Gasteiger partial charge in [-0.15, -0.1) is 0 Å². The summed E-state index contributed by atoms with van der Waals surface area (Å²) in [6.07, 6.45) is 2.64. The SMILES string of the molecule is CCNC(=NCCCN(C(C)C)C(C)C)N(C)Cc1ncnn1C. The third kappa shape index (κ3) is 6.47. The minimum atomic E-state index is 0.570. The predicted molar refractivity (Wildman–Crippen MR) is 100 cm³/mol. The van der Waals surface area contributed by atoms with Gasteiger partial charge in [0.15, 0.2) is 5.96 Å². The minimum Gasteiger partial charge on any atom is -0.357 e. The lowest BCUT2D eigenvalue weighted by atomic mass is 10.2. The van der Waals surface area contributed by atoms with Crippen LogP contribution in [-0.4, -0.2) is 69.3 Å². The van der Waals surface area contributed by atoms with Gasteiger partial charge in [0.1, 0.15) is 12.2 Å². The Labute approximate surface area is 147 Å². The second kappa shape index (κ2) is 10.3. The van der Waals surface area contributed by atoms with Crippen molar-refractivity contribution < 1.29 is 0 Å². The van der Waals surface area contributed by atoms with Crippen LogP contribution in [0.4, 0.5) is 0 Å². The maximum atomic E-state index is 4.76. The highest BCUT2D eigenvalue weighted by atomic mass is 15.4. The first-order valence-corrected chi connectivity index (χ1v) is 8.94. The highest BCUT2D eigenvalue weighted by Gasteiger charge is 2.13. The molecule has 0 saturated carbocycles. The molecule has 24 heavy (non-hydrogen) atoms. The van der Waals surface area contributed by atoms with Crippen molar-refractivity contribution in [3.63, 3.8) is 0 Å². The zero-order valence-electron chi connectivity index (χ0n) is 16.5. The van der Waals surface area contributed by atoms with Gasteiger partial charge in [-0.3, -0.25) is 14.6 Å². The predicted octanol–water partition coefficient (Wildman–Crippen LogP) is 1.72. The van der Waals surface area contributed by atoms with Crippen LogP contribution in [0, 0.1) is 0 Å². The van der Waals surface area contributed by atoms with Crippen molar-refractivity contribution in [1.29, 1.82) is 0 Å². The van der Waals surface area contributed by atoms with E-state index in [-0.39, 0.29) is 0 Å². The molecule has 0 bridgehead atoms. The Bertz CT molecular complexity index is 485. The molecule has 138 valence electrons. The molecule has 7 nitrogen and oxygen atoms in total. The Balaban J connectivity index is 2.57. The van der Waals surface area contributed by atoms with Gasteiger partial charge in [0.05, 0.1) is 6.54 Å². The van der Waals surface area contributed by atoms with Crippen LogP contribution >= 0.6 is 0 Å². The second-order valence-electron chi connectivity index (χ2n) is 6.67. The second-order valence-corrected chi connectivity index (χ2v) is 6.67. The molecule has 1 aromatic heterocycles. The molecule has 0 amide bonds. The summed E-state index contributed by atoms with van der Waals surface area (Å²) in [4.78, 5) is 13.6. The molecule has 0 aliphatic heterocycles. The number of rotatable bonds is 9. The average Bonchev–Trinajstić information content (AvgIpc) is 2.90. The molecule has 0 aliphatic carbocycles. The third-order valence-corrected chi connectivity index (χ3v) is 4.04. The molecule has 0 spiro atoms. The van der Waals surface area contributed by atoms with Crippen LogP contribution < -0.4 is 5.32 Å². The van der Waals surface area contributed by atoms with Crippen molar-refractivity contribution in [3.05, 3.63) is 12.2 Å². The first-order chi connectivity index (χ1) is 11.4. The zero-order valence-corrected chi connectivity index (χ0v) is 16.5. The molecule has 7 heteroatoms. The lowest BCUT2D eigenvalue weighted by Gasteiger charge is -2.30. The molecule has 0 unspecified atom stereocenters. The summed E-state index contributed by atoms with van der Waals surface area (Å²) in [6, 6.07) is 1.14. The zero-order chi connectivity index (χ0) is 18.1.